The van der Waals surface area contributed by atoms with Crippen LogP contribution in [0, 0.1) is 0 Å². The number of halogens is 2. The summed E-state index contributed by atoms with van der Waals surface area (Å²) in [5, 5.41) is 4.26. The molecule has 19 heavy (non-hydrogen) atoms. The first-order valence-corrected chi connectivity index (χ1v) is 7.48. The van der Waals surface area contributed by atoms with Gasteiger partial charge in [-0.2, -0.15) is 0 Å². The second kappa shape index (κ2) is 7.04. The molecule has 0 saturated carbocycles. The summed E-state index contributed by atoms with van der Waals surface area (Å²) in [5.74, 6) is 0. The zero-order valence-electron chi connectivity index (χ0n) is 10.7. The zero-order valence-corrected chi connectivity index (χ0v) is 13.1. The fourth-order valence-corrected chi connectivity index (χ4v) is 2.36. The molecule has 0 amide bonds. The largest absolute Gasteiger partial charge is 0.305 e. The highest BCUT2D eigenvalue weighted by Crippen LogP contribution is 2.24. The molecule has 2 aromatic rings. The van der Waals surface area contributed by atoms with Crippen LogP contribution in [0.15, 0.2) is 47.1 Å². The summed E-state index contributed by atoms with van der Waals surface area (Å²) in [6, 6.07) is 12.0. The molecule has 4 heteroatoms. The van der Waals surface area contributed by atoms with E-state index in [0.29, 0.717) is 0 Å². The Hall–Kier alpha value is -0.900. The molecule has 0 aliphatic carbocycles. The summed E-state index contributed by atoms with van der Waals surface area (Å²) < 4.78 is 0.983. The van der Waals surface area contributed by atoms with Crippen LogP contribution in [0.5, 0.6) is 0 Å². The fraction of sp³-hybridized carbons (Fsp3) is 0.267. The molecule has 1 atom stereocenters. The fourth-order valence-electron chi connectivity index (χ4n) is 1.93. The molecule has 1 aromatic carbocycles. The van der Waals surface area contributed by atoms with Gasteiger partial charge in [-0.25, -0.2) is 0 Å². The van der Waals surface area contributed by atoms with Gasteiger partial charge in [0.05, 0.1) is 11.7 Å². The summed E-state index contributed by atoms with van der Waals surface area (Å²) >= 11 is 9.49. The maximum atomic E-state index is 6.08. The van der Waals surface area contributed by atoms with Gasteiger partial charge in [0.15, 0.2) is 0 Å². The van der Waals surface area contributed by atoms with Gasteiger partial charge in [-0.3, -0.25) is 4.98 Å². The number of aromatic nitrogens is 1. The topological polar surface area (TPSA) is 24.9 Å². The van der Waals surface area contributed by atoms with Gasteiger partial charge in [0.1, 0.15) is 0 Å². The van der Waals surface area contributed by atoms with Crippen molar-refractivity contribution in [3.8, 4) is 0 Å². The van der Waals surface area contributed by atoms with Gasteiger partial charge in [-0.05, 0) is 58.7 Å². The van der Waals surface area contributed by atoms with Crippen LogP contribution in [-0.4, -0.2) is 11.5 Å². The lowest BCUT2D eigenvalue weighted by Gasteiger charge is -2.19. The highest BCUT2D eigenvalue weighted by Gasteiger charge is 2.14. The minimum atomic E-state index is 0.0757. The van der Waals surface area contributed by atoms with Gasteiger partial charge in [-0.1, -0.05) is 30.7 Å². The molecule has 1 heterocycles. The summed E-state index contributed by atoms with van der Waals surface area (Å²) in [6.45, 7) is 3.09. The molecule has 1 aromatic heterocycles. The van der Waals surface area contributed by atoms with Gasteiger partial charge in [0.25, 0.3) is 0 Å². The third kappa shape index (κ3) is 4.03. The van der Waals surface area contributed by atoms with Crippen LogP contribution >= 0.6 is 27.5 Å². The molecule has 0 saturated heterocycles. The Kier molecular flexibility index (Phi) is 5.37. The molecular formula is C15H16BrClN2. The number of hydrogen-bond donors (Lipinski definition) is 1. The summed E-state index contributed by atoms with van der Waals surface area (Å²) in [4.78, 5) is 4.49. The number of nitrogens with one attached hydrogen (secondary N) is 1. The van der Waals surface area contributed by atoms with E-state index < -0.39 is 0 Å². The Morgan fingerprint density at radius 1 is 1.32 bits per heavy atom. The Morgan fingerprint density at radius 2 is 2.16 bits per heavy atom. The smallest absolute Gasteiger partial charge is 0.0751 e. The first kappa shape index (κ1) is 14.5. The lowest BCUT2D eigenvalue weighted by atomic mass is 10.0. The van der Waals surface area contributed by atoms with Gasteiger partial charge < -0.3 is 5.32 Å². The van der Waals surface area contributed by atoms with Crippen LogP contribution in [0.4, 0.5) is 0 Å². The molecular weight excluding hydrogens is 324 g/mol. The summed E-state index contributed by atoms with van der Waals surface area (Å²) in [7, 11) is 0. The third-order valence-electron chi connectivity index (χ3n) is 2.83. The molecule has 0 spiro atoms. The minimum Gasteiger partial charge on any atom is -0.305 e. The monoisotopic (exact) mass is 338 g/mol. The van der Waals surface area contributed by atoms with Gasteiger partial charge in [0.2, 0.25) is 0 Å². The standard InChI is InChI=1S/C15H16BrClN2/c1-2-8-18-15(11-4-3-5-13(17)9-11)14-7-6-12(16)10-19-14/h3-7,9-10,15,18H,2,8H2,1H3. The Balaban J connectivity index is 2.32. The Bertz CT molecular complexity index is 528. The summed E-state index contributed by atoms with van der Waals surface area (Å²) in [5.41, 5.74) is 2.13. The molecule has 1 N–H and O–H groups in total. The molecule has 2 nitrogen and oxygen atoms in total. The van der Waals surface area contributed by atoms with E-state index in [1.54, 1.807) is 0 Å². The van der Waals surface area contributed by atoms with Crippen molar-refractivity contribution in [1.29, 1.82) is 0 Å². The quantitative estimate of drug-likeness (QED) is 0.862. The molecule has 0 fully saturated rings. The molecule has 100 valence electrons. The van der Waals surface area contributed by atoms with Gasteiger partial charge >= 0.3 is 0 Å². The van der Waals surface area contributed by atoms with Gasteiger partial charge in [-0.15, -0.1) is 0 Å². The van der Waals surface area contributed by atoms with Crippen molar-refractivity contribution in [3.05, 3.63) is 63.3 Å². The molecule has 0 aliphatic heterocycles. The van der Waals surface area contributed by atoms with Crippen molar-refractivity contribution in [1.82, 2.24) is 10.3 Å². The highest BCUT2D eigenvalue weighted by molar-refractivity contribution is 9.10. The second-order valence-electron chi connectivity index (χ2n) is 4.34. The predicted octanol–water partition coefficient (Wildman–Crippen LogP) is 4.59. The van der Waals surface area contributed by atoms with E-state index in [9.17, 15) is 0 Å². The first-order valence-electron chi connectivity index (χ1n) is 6.31. The van der Waals surface area contributed by atoms with E-state index in [2.05, 4.69) is 39.2 Å². The predicted molar refractivity (Wildman–Crippen MR) is 83.5 cm³/mol. The lowest BCUT2D eigenvalue weighted by molar-refractivity contribution is 0.586. The molecule has 0 radical (unpaired) electrons. The van der Waals surface area contributed by atoms with E-state index in [-0.39, 0.29) is 6.04 Å². The average Bonchev–Trinajstić information content (AvgIpc) is 2.41. The van der Waals surface area contributed by atoms with Gasteiger partial charge in [0, 0.05) is 15.7 Å². The highest BCUT2D eigenvalue weighted by atomic mass is 79.9. The van der Waals surface area contributed by atoms with Crippen LogP contribution in [0.1, 0.15) is 30.6 Å². The zero-order chi connectivity index (χ0) is 13.7. The van der Waals surface area contributed by atoms with E-state index in [0.717, 1.165) is 33.7 Å². The average molecular weight is 340 g/mol. The number of rotatable bonds is 5. The van der Waals surface area contributed by atoms with Crippen molar-refractivity contribution in [2.24, 2.45) is 0 Å². The van der Waals surface area contributed by atoms with Crippen molar-refractivity contribution in [2.75, 3.05) is 6.54 Å². The lowest BCUT2D eigenvalue weighted by Crippen LogP contribution is -2.24. The van der Waals surface area contributed by atoms with Crippen LogP contribution in [0.2, 0.25) is 5.02 Å². The number of nitrogens with zero attached hydrogens (tertiary/aromatic N) is 1. The Labute approximate surface area is 127 Å². The van der Waals surface area contributed by atoms with E-state index in [1.807, 2.05) is 36.5 Å². The van der Waals surface area contributed by atoms with E-state index in [1.165, 1.54) is 0 Å². The maximum absolute atomic E-state index is 6.08. The number of pyridine rings is 1. The normalized spacial score (nSPS) is 12.4. The van der Waals surface area contributed by atoms with Crippen LogP contribution in [0.3, 0.4) is 0 Å². The van der Waals surface area contributed by atoms with Crippen molar-refractivity contribution < 1.29 is 0 Å². The van der Waals surface area contributed by atoms with Crippen LogP contribution < -0.4 is 5.32 Å². The van der Waals surface area contributed by atoms with Crippen molar-refractivity contribution in [3.63, 3.8) is 0 Å². The first-order chi connectivity index (χ1) is 9.20. The maximum Gasteiger partial charge on any atom is 0.0751 e. The minimum absolute atomic E-state index is 0.0757. The molecule has 0 aliphatic rings. The SMILES string of the molecule is CCCNC(c1cccc(Cl)c1)c1ccc(Br)cn1. The molecule has 2 rings (SSSR count). The summed E-state index contributed by atoms with van der Waals surface area (Å²) in [6.07, 6.45) is 2.90. The Morgan fingerprint density at radius 3 is 2.79 bits per heavy atom. The van der Waals surface area contributed by atoms with E-state index in [4.69, 9.17) is 11.6 Å². The van der Waals surface area contributed by atoms with Crippen LogP contribution in [-0.2, 0) is 0 Å². The molecule has 1 unspecified atom stereocenters. The van der Waals surface area contributed by atoms with Crippen molar-refractivity contribution in [2.45, 2.75) is 19.4 Å². The third-order valence-corrected chi connectivity index (χ3v) is 3.53. The van der Waals surface area contributed by atoms with Crippen LogP contribution in [0.25, 0.3) is 0 Å². The number of hydrogen-bond acceptors (Lipinski definition) is 2. The van der Waals surface area contributed by atoms with E-state index >= 15 is 0 Å². The second-order valence-corrected chi connectivity index (χ2v) is 5.70. The molecule has 0 bridgehead atoms. The number of benzene rings is 1. The van der Waals surface area contributed by atoms with Crippen molar-refractivity contribution >= 4 is 27.5 Å².